The molecule has 1 aromatic heterocycles. The fourth-order valence-electron chi connectivity index (χ4n) is 3.27. The third-order valence-electron chi connectivity index (χ3n) is 4.31. The van der Waals surface area contributed by atoms with Gasteiger partial charge in [0.05, 0.1) is 10.2 Å². The highest BCUT2D eigenvalue weighted by molar-refractivity contribution is 8.01. The zero-order chi connectivity index (χ0) is 12.7. The van der Waals surface area contributed by atoms with Crippen LogP contribution in [0.15, 0.2) is 28.6 Å². The van der Waals surface area contributed by atoms with Crippen molar-refractivity contribution < 1.29 is 0 Å². The van der Waals surface area contributed by atoms with E-state index in [-0.39, 0.29) is 0 Å². The van der Waals surface area contributed by atoms with Gasteiger partial charge in [-0.15, -0.1) is 11.3 Å². The summed E-state index contributed by atoms with van der Waals surface area (Å²) in [6.07, 6.45) is 4.21. The number of hydrogen-bond acceptors (Lipinski definition) is 4. The van der Waals surface area contributed by atoms with Crippen molar-refractivity contribution in [3.05, 3.63) is 24.3 Å². The average molecular weight is 290 g/mol. The van der Waals surface area contributed by atoms with E-state index in [1.54, 1.807) is 0 Å². The van der Waals surface area contributed by atoms with Crippen LogP contribution in [0, 0.1) is 5.92 Å². The summed E-state index contributed by atoms with van der Waals surface area (Å²) in [4.78, 5) is 7.42. The van der Waals surface area contributed by atoms with Gasteiger partial charge < -0.3 is 4.90 Å². The predicted molar refractivity (Wildman–Crippen MR) is 83.0 cm³/mol. The van der Waals surface area contributed by atoms with Gasteiger partial charge in [-0.2, -0.15) is 0 Å². The minimum absolute atomic E-state index is 0.746. The molecule has 3 saturated heterocycles. The van der Waals surface area contributed by atoms with E-state index < -0.39 is 0 Å². The van der Waals surface area contributed by atoms with E-state index in [1.807, 2.05) is 23.1 Å². The topological polar surface area (TPSA) is 16.1 Å². The Morgan fingerprint density at radius 1 is 1.21 bits per heavy atom. The first-order chi connectivity index (χ1) is 9.37. The largest absolute Gasteiger partial charge is 0.302 e. The van der Waals surface area contributed by atoms with Gasteiger partial charge in [0.15, 0.2) is 4.34 Å². The molecule has 19 heavy (non-hydrogen) atoms. The molecule has 4 heterocycles. The zero-order valence-corrected chi connectivity index (χ0v) is 12.6. The van der Waals surface area contributed by atoms with E-state index in [0.29, 0.717) is 0 Å². The quantitative estimate of drug-likeness (QED) is 0.835. The maximum Gasteiger partial charge on any atom is 0.151 e. The summed E-state index contributed by atoms with van der Waals surface area (Å²) < 4.78 is 2.58. The van der Waals surface area contributed by atoms with Crippen LogP contribution in [-0.2, 0) is 0 Å². The van der Waals surface area contributed by atoms with Crippen LogP contribution in [0.25, 0.3) is 10.2 Å². The lowest BCUT2D eigenvalue weighted by molar-refractivity contribution is 0.225. The van der Waals surface area contributed by atoms with Crippen LogP contribution in [0.1, 0.15) is 19.3 Å². The van der Waals surface area contributed by atoms with Crippen LogP contribution in [0.4, 0.5) is 0 Å². The van der Waals surface area contributed by atoms with E-state index in [2.05, 4.69) is 29.2 Å². The maximum absolute atomic E-state index is 4.77. The van der Waals surface area contributed by atoms with Gasteiger partial charge in [0.1, 0.15) is 0 Å². The van der Waals surface area contributed by atoms with Gasteiger partial charge in [-0.05, 0) is 50.4 Å². The van der Waals surface area contributed by atoms with Crippen LogP contribution in [0.5, 0.6) is 0 Å². The van der Waals surface area contributed by atoms with E-state index in [4.69, 9.17) is 4.98 Å². The van der Waals surface area contributed by atoms with E-state index in [1.165, 1.54) is 47.9 Å². The number of rotatable bonds is 2. The van der Waals surface area contributed by atoms with Gasteiger partial charge >= 0.3 is 0 Å². The number of para-hydroxylation sites is 1. The lowest BCUT2D eigenvalue weighted by Gasteiger charge is -2.26. The molecule has 2 nitrogen and oxygen atoms in total. The van der Waals surface area contributed by atoms with Crippen molar-refractivity contribution in [3.63, 3.8) is 0 Å². The molecule has 2 aromatic rings. The minimum Gasteiger partial charge on any atom is -0.302 e. The molecule has 0 amide bonds. The third-order valence-corrected chi connectivity index (χ3v) is 6.64. The summed E-state index contributed by atoms with van der Waals surface area (Å²) in [5, 5.41) is 0.746. The van der Waals surface area contributed by atoms with Gasteiger partial charge in [-0.1, -0.05) is 23.9 Å². The second-order valence-electron chi connectivity index (χ2n) is 5.67. The molecule has 0 saturated carbocycles. The highest BCUT2D eigenvalue weighted by Crippen LogP contribution is 2.38. The summed E-state index contributed by atoms with van der Waals surface area (Å²) in [5.74, 6) is 0.964. The van der Waals surface area contributed by atoms with Crippen molar-refractivity contribution in [2.45, 2.75) is 28.9 Å². The van der Waals surface area contributed by atoms with Gasteiger partial charge in [-0.3, -0.25) is 0 Å². The highest BCUT2D eigenvalue weighted by Gasteiger charge is 2.30. The summed E-state index contributed by atoms with van der Waals surface area (Å²) in [7, 11) is 0. The molecular formula is C15H18N2S2. The van der Waals surface area contributed by atoms with Crippen molar-refractivity contribution in [2.75, 3.05) is 19.6 Å². The molecule has 0 radical (unpaired) electrons. The monoisotopic (exact) mass is 290 g/mol. The molecule has 1 atom stereocenters. The molecule has 3 aliphatic rings. The SMILES string of the molecule is c1ccc2sc(SC3CC4CCN(CC4)C3)nc2c1. The van der Waals surface area contributed by atoms with Gasteiger partial charge in [-0.25, -0.2) is 4.98 Å². The Bertz CT molecular complexity index is 525. The molecule has 0 spiro atoms. The normalized spacial score (nSPS) is 30.6. The van der Waals surface area contributed by atoms with Gasteiger partial charge in [0, 0.05) is 11.8 Å². The molecule has 100 valence electrons. The summed E-state index contributed by atoms with van der Waals surface area (Å²) in [6, 6.07) is 8.48. The summed E-state index contributed by atoms with van der Waals surface area (Å²) >= 11 is 3.87. The number of fused-ring (bicyclic) bond motifs is 5. The lowest BCUT2D eigenvalue weighted by atomic mass is 9.95. The predicted octanol–water partition coefficient (Wildman–Crippen LogP) is 3.87. The van der Waals surface area contributed by atoms with Crippen LogP contribution in [0.2, 0.25) is 0 Å². The first-order valence-electron chi connectivity index (χ1n) is 7.11. The molecule has 0 aliphatic carbocycles. The Labute approximate surface area is 122 Å². The fourth-order valence-corrected chi connectivity index (χ4v) is 5.93. The van der Waals surface area contributed by atoms with E-state index in [9.17, 15) is 0 Å². The third kappa shape index (κ3) is 2.54. The molecule has 4 heteroatoms. The van der Waals surface area contributed by atoms with Crippen molar-refractivity contribution >= 4 is 33.3 Å². The van der Waals surface area contributed by atoms with Gasteiger partial charge in [0.25, 0.3) is 0 Å². The molecule has 3 aliphatic heterocycles. The smallest absolute Gasteiger partial charge is 0.151 e. The molecule has 3 fully saturated rings. The average Bonchev–Trinajstić information content (AvgIpc) is 2.60. The van der Waals surface area contributed by atoms with E-state index in [0.717, 1.165) is 16.7 Å². The molecule has 2 bridgehead atoms. The van der Waals surface area contributed by atoms with Crippen LogP contribution < -0.4 is 0 Å². The lowest BCUT2D eigenvalue weighted by Crippen LogP contribution is -2.32. The Morgan fingerprint density at radius 3 is 2.89 bits per heavy atom. The summed E-state index contributed by atoms with van der Waals surface area (Å²) in [6.45, 7) is 3.90. The summed E-state index contributed by atoms with van der Waals surface area (Å²) in [5.41, 5.74) is 1.16. The zero-order valence-electron chi connectivity index (χ0n) is 10.9. The molecular weight excluding hydrogens is 272 g/mol. The molecule has 0 N–H and O–H groups in total. The van der Waals surface area contributed by atoms with Crippen LogP contribution in [0.3, 0.4) is 0 Å². The molecule has 1 unspecified atom stereocenters. The Hall–Kier alpha value is -0.580. The van der Waals surface area contributed by atoms with Crippen molar-refractivity contribution in [2.24, 2.45) is 5.92 Å². The Balaban J connectivity index is 1.54. The second-order valence-corrected chi connectivity index (χ2v) is 8.25. The van der Waals surface area contributed by atoms with Crippen LogP contribution >= 0.6 is 23.1 Å². The van der Waals surface area contributed by atoms with Crippen LogP contribution in [-0.4, -0.2) is 34.8 Å². The Morgan fingerprint density at radius 2 is 2.05 bits per heavy atom. The molecule has 5 rings (SSSR count). The highest BCUT2D eigenvalue weighted by atomic mass is 32.2. The van der Waals surface area contributed by atoms with Crippen molar-refractivity contribution in [1.82, 2.24) is 9.88 Å². The van der Waals surface area contributed by atoms with Crippen molar-refractivity contribution in [3.8, 4) is 0 Å². The number of aromatic nitrogens is 1. The van der Waals surface area contributed by atoms with Gasteiger partial charge in [0.2, 0.25) is 0 Å². The number of thiazole rings is 1. The number of hydrogen-bond donors (Lipinski definition) is 0. The standard InChI is InChI=1S/C15H18N2S2/c1-2-4-14-13(3-1)16-15(19-14)18-12-9-11-5-7-17(10-12)8-6-11/h1-4,11-12H,5-10H2. The van der Waals surface area contributed by atoms with Crippen molar-refractivity contribution in [1.29, 1.82) is 0 Å². The fraction of sp³-hybridized carbons (Fsp3) is 0.533. The minimum atomic E-state index is 0.746. The maximum atomic E-state index is 4.77. The second kappa shape index (κ2) is 5.08. The van der Waals surface area contributed by atoms with E-state index >= 15 is 0 Å². The number of thioether (sulfide) groups is 1. The first kappa shape index (κ1) is 12.2. The Kier molecular flexibility index (Phi) is 3.25. The number of benzene rings is 1. The number of piperidine rings is 1. The first-order valence-corrected chi connectivity index (χ1v) is 8.81. The number of nitrogens with zero attached hydrogens (tertiary/aromatic N) is 2. The molecule has 1 aromatic carbocycles.